The second-order valence-electron chi connectivity index (χ2n) is 4.72. The molecule has 0 aliphatic heterocycles. The highest BCUT2D eigenvalue weighted by atomic mass is 16.5. The molecule has 0 radical (unpaired) electrons. The SMILES string of the molecule is O=C(NC1C2CC1C2)OCc1ccccc1. The number of amides is 1. The Labute approximate surface area is 94.8 Å². The number of nitrogens with one attached hydrogen (secondary N) is 1. The average Bonchev–Trinajstić information content (AvgIpc) is 2.22. The second kappa shape index (κ2) is 3.81. The van der Waals surface area contributed by atoms with E-state index in [-0.39, 0.29) is 6.09 Å². The Hall–Kier alpha value is -1.51. The zero-order valence-corrected chi connectivity index (χ0v) is 9.06. The normalized spacial score (nSPS) is 29.9. The minimum absolute atomic E-state index is 0.275. The highest BCUT2D eigenvalue weighted by Crippen LogP contribution is 2.53. The lowest BCUT2D eigenvalue weighted by Crippen LogP contribution is -2.63. The van der Waals surface area contributed by atoms with E-state index in [0.29, 0.717) is 12.6 Å². The molecule has 0 spiro atoms. The van der Waals surface area contributed by atoms with Gasteiger partial charge in [0.2, 0.25) is 0 Å². The Balaban J connectivity index is 1.43. The first kappa shape index (κ1) is 9.70. The highest BCUT2D eigenvalue weighted by Gasteiger charge is 2.53. The third-order valence-electron chi connectivity index (χ3n) is 3.72. The van der Waals surface area contributed by atoms with Crippen LogP contribution < -0.4 is 5.32 Å². The molecule has 1 N–H and O–H groups in total. The van der Waals surface area contributed by atoms with E-state index >= 15 is 0 Å². The van der Waals surface area contributed by atoms with Gasteiger partial charge in [0.25, 0.3) is 0 Å². The molecular weight excluding hydrogens is 202 g/mol. The molecule has 0 unspecified atom stereocenters. The summed E-state index contributed by atoms with van der Waals surface area (Å²) in [4.78, 5) is 11.5. The number of carbonyl (C=O) groups is 1. The van der Waals surface area contributed by atoms with Crippen LogP contribution in [0.4, 0.5) is 4.79 Å². The van der Waals surface area contributed by atoms with E-state index in [1.165, 1.54) is 12.8 Å². The van der Waals surface area contributed by atoms with Crippen LogP contribution in [-0.4, -0.2) is 12.1 Å². The molecule has 0 heterocycles. The predicted molar refractivity (Wildman–Crippen MR) is 59.8 cm³/mol. The maximum atomic E-state index is 11.5. The fourth-order valence-corrected chi connectivity index (χ4v) is 2.42. The van der Waals surface area contributed by atoms with Crippen LogP contribution in [0.1, 0.15) is 18.4 Å². The number of ether oxygens (including phenoxy) is 1. The second-order valence-corrected chi connectivity index (χ2v) is 4.72. The van der Waals surface area contributed by atoms with Crippen molar-refractivity contribution in [3.05, 3.63) is 35.9 Å². The van der Waals surface area contributed by atoms with Crippen LogP contribution in [0.5, 0.6) is 0 Å². The van der Waals surface area contributed by atoms with E-state index < -0.39 is 0 Å². The fraction of sp³-hybridized carbons (Fsp3) is 0.462. The molecule has 3 fully saturated rings. The van der Waals surface area contributed by atoms with Gasteiger partial charge in [-0.05, 0) is 30.2 Å². The Morgan fingerprint density at radius 3 is 2.50 bits per heavy atom. The van der Waals surface area contributed by atoms with Gasteiger partial charge in [-0.25, -0.2) is 4.79 Å². The average molecular weight is 217 g/mol. The molecule has 1 amide bonds. The van der Waals surface area contributed by atoms with Gasteiger partial charge in [0.1, 0.15) is 6.61 Å². The highest BCUT2D eigenvalue weighted by molar-refractivity contribution is 5.68. The van der Waals surface area contributed by atoms with Gasteiger partial charge in [0.15, 0.2) is 0 Å². The summed E-state index contributed by atoms with van der Waals surface area (Å²) >= 11 is 0. The van der Waals surface area contributed by atoms with Gasteiger partial charge >= 0.3 is 6.09 Å². The van der Waals surface area contributed by atoms with Crippen molar-refractivity contribution in [3.63, 3.8) is 0 Å². The molecular formula is C13H15NO2. The van der Waals surface area contributed by atoms with E-state index in [9.17, 15) is 4.79 Å². The van der Waals surface area contributed by atoms with Gasteiger partial charge in [-0.15, -0.1) is 0 Å². The van der Waals surface area contributed by atoms with Crippen LogP contribution in [0.2, 0.25) is 0 Å². The van der Waals surface area contributed by atoms with E-state index in [1.807, 2.05) is 30.3 Å². The van der Waals surface area contributed by atoms with Crippen molar-refractivity contribution in [3.8, 4) is 0 Å². The summed E-state index contributed by atoms with van der Waals surface area (Å²) in [7, 11) is 0. The van der Waals surface area contributed by atoms with Crippen LogP contribution in [0.25, 0.3) is 0 Å². The molecule has 1 aromatic carbocycles. The molecule has 3 nitrogen and oxygen atoms in total. The summed E-state index contributed by atoms with van der Waals surface area (Å²) in [6.45, 7) is 0.356. The zero-order chi connectivity index (χ0) is 11.0. The van der Waals surface area contributed by atoms with Gasteiger partial charge in [0, 0.05) is 6.04 Å². The standard InChI is InChI=1S/C13H15NO2/c15-13(14-12-10-6-11(12)7-10)16-8-9-4-2-1-3-5-9/h1-5,10-12H,6-8H2,(H,14,15). The van der Waals surface area contributed by atoms with Gasteiger partial charge in [-0.3, -0.25) is 0 Å². The maximum Gasteiger partial charge on any atom is 0.407 e. The van der Waals surface area contributed by atoms with Crippen molar-refractivity contribution in [1.82, 2.24) is 5.32 Å². The van der Waals surface area contributed by atoms with Crippen LogP contribution >= 0.6 is 0 Å². The number of rotatable bonds is 3. The number of carbonyl (C=O) groups excluding carboxylic acids is 1. The van der Waals surface area contributed by atoms with Crippen molar-refractivity contribution in [2.24, 2.45) is 11.8 Å². The van der Waals surface area contributed by atoms with Gasteiger partial charge in [0.05, 0.1) is 0 Å². The Morgan fingerprint density at radius 1 is 1.25 bits per heavy atom. The minimum Gasteiger partial charge on any atom is -0.445 e. The van der Waals surface area contributed by atoms with Crippen LogP contribution in [0.3, 0.4) is 0 Å². The third-order valence-corrected chi connectivity index (χ3v) is 3.72. The van der Waals surface area contributed by atoms with Gasteiger partial charge < -0.3 is 10.1 Å². The first-order valence-corrected chi connectivity index (χ1v) is 5.80. The lowest BCUT2D eigenvalue weighted by molar-refractivity contribution is -0.0399. The topological polar surface area (TPSA) is 38.3 Å². The van der Waals surface area contributed by atoms with Crippen molar-refractivity contribution < 1.29 is 9.53 Å². The van der Waals surface area contributed by atoms with E-state index in [1.54, 1.807) is 0 Å². The smallest absolute Gasteiger partial charge is 0.407 e. The van der Waals surface area contributed by atoms with Crippen molar-refractivity contribution in [2.45, 2.75) is 25.5 Å². The summed E-state index contributed by atoms with van der Waals surface area (Å²) in [5, 5.41) is 2.92. The molecule has 0 atom stereocenters. The number of hydrogen-bond donors (Lipinski definition) is 1. The monoisotopic (exact) mass is 217 g/mol. The molecule has 1 aromatic rings. The molecule has 3 aliphatic carbocycles. The molecule has 0 aromatic heterocycles. The lowest BCUT2D eigenvalue weighted by Gasteiger charge is -2.57. The summed E-state index contributed by atoms with van der Waals surface area (Å²) in [5.74, 6) is 1.46. The summed E-state index contributed by atoms with van der Waals surface area (Å²) in [6, 6.07) is 10.1. The number of alkyl carbamates (subject to hydrolysis) is 1. The minimum atomic E-state index is -0.275. The van der Waals surface area contributed by atoms with Crippen molar-refractivity contribution in [1.29, 1.82) is 0 Å². The third kappa shape index (κ3) is 1.66. The molecule has 3 aliphatic rings. The Morgan fingerprint density at radius 2 is 1.94 bits per heavy atom. The van der Waals surface area contributed by atoms with E-state index in [0.717, 1.165) is 17.4 Å². The first-order valence-electron chi connectivity index (χ1n) is 5.80. The van der Waals surface area contributed by atoms with Crippen LogP contribution in [0.15, 0.2) is 30.3 Å². The quantitative estimate of drug-likeness (QED) is 0.843. The largest absolute Gasteiger partial charge is 0.445 e. The molecule has 84 valence electrons. The molecule has 2 bridgehead atoms. The maximum absolute atomic E-state index is 11.5. The molecule has 3 heteroatoms. The zero-order valence-electron chi connectivity index (χ0n) is 9.06. The summed E-state index contributed by atoms with van der Waals surface area (Å²) in [5.41, 5.74) is 1.02. The summed E-state index contributed by atoms with van der Waals surface area (Å²) in [6.07, 6.45) is 2.32. The van der Waals surface area contributed by atoms with Crippen LogP contribution in [-0.2, 0) is 11.3 Å². The van der Waals surface area contributed by atoms with Crippen LogP contribution in [0, 0.1) is 11.8 Å². The summed E-state index contributed by atoms with van der Waals surface area (Å²) < 4.78 is 5.15. The Kier molecular flexibility index (Phi) is 2.31. The molecule has 4 rings (SSSR count). The Bertz CT molecular complexity index is 376. The number of hydrogen-bond acceptors (Lipinski definition) is 2. The molecule has 3 saturated carbocycles. The first-order chi connectivity index (χ1) is 7.83. The molecule has 16 heavy (non-hydrogen) atoms. The van der Waals surface area contributed by atoms with Gasteiger partial charge in [-0.2, -0.15) is 0 Å². The lowest BCUT2D eigenvalue weighted by atomic mass is 9.52. The van der Waals surface area contributed by atoms with Gasteiger partial charge in [-0.1, -0.05) is 30.3 Å². The van der Waals surface area contributed by atoms with Crippen molar-refractivity contribution >= 4 is 6.09 Å². The van der Waals surface area contributed by atoms with E-state index in [4.69, 9.17) is 4.74 Å². The van der Waals surface area contributed by atoms with Crippen molar-refractivity contribution in [2.75, 3.05) is 0 Å². The predicted octanol–water partition coefficient (Wildman–Crippen LogP) is 2.32. The number of benzene rings is 1. The fourth-order valence-electron chi connectivity index (χ4n) is 2.42. The van der Waals surface area contributed by atoms with E-state index in [2.05, 4.69) is 5.32 Å². The molecule has 0 saturated heterocycles.